The first-order valence-corrected chi connectivity index (χ1v) is 9.35. The number of aromatic amines is 2. The Morgan fingerprint density at radius 3 is 2.63 bits per heavy atom. The van der Waals surface area contributed by atoms with E-state index in [0.717, 1.165) is 50.3 Å². The maximum atomic E-state index is 4.51. The highest BCUT2D eigenvalue weighted by molar-refractivity contribution is 5.97. The molecule has 6 rings (SSSR count). The molecule has 0 aliphatic rings. The summed E-state index contributed by atoms with van der Waals surface area (Å²) in [7, 11) is 0. The number of aromatic nitrogens is 9. The maximum absolute atomic E-state index is 4.51. The first-order chi connectivity index (χ1) is 14.8. The molecule has 0 aliphatic carbocycles. The summed E-state index contributed by atoms with van der Waals surface area (Å²) < 4.78 is 1.99. The van der Waals surface area contributed by atoms with Crippen LogP contribution in [0, 0.1) is 6.92 Å². The minimum Gasteiger partial charge on any atom is -0.338 e. The zero-order valence-electron chi connectivity index (χ0n) is 15.9. The van der Waals surface area contributed by atoms with Gasteiger partial charge in [-0.3, -0.25) is 5.10 Å². The van der Waals surface area contributed by atoms with Gasteiger partial charge < -0.3 is 9.55 Å². The lowest BCUT2D eigenvalue weighted by atomic mass is 10.1. The van der Waals surface area contributed by atoms with Crippen LogP contribution in [-0.4, -0.2) is 44.7 Å². The number of nitrogens with zero attached hydrogens (tertiary/aromatic N) is 7. The fourth-order valence-electron chi connectivity index (χ4n) is 3.63. The van der Waals surface area contributed by atoms with E-state index in [1.165, 1.54) is 6.33 Å². The molecule has 0 amide bonds. The van der Waals surface area contributed by atoms with Crippen molar-refractivity contribution in [3.8, 4) is 28.2 Å². The summed E-state index contributed by atoms with van der Waals surface area (Å²) >= 11 is 0. The van der Waals surface area contributed by atoms with Crippen LogP contribution in [0.4, 0.5) is 0 Å². The molecule has 0 aliphatic heterocycles. The van der Waals surface area contributed by atoms with E-state index >= 15 is 0 Å². The normalized spacial score (nSPS) is 11.5. The summed E-state index contributed by atoms with van der Waals surface area (Å²) in [5.74, 6) is 0. The number of H-pyrrole nitrogens is 2. The van der Waals surface area contributed by atoms with Crippen molar-refractivity contribution in [3.63, 3.8) is 0 Å². The second-order valence-electron chi connectivity index (χ2n) is 7.02. The maximum Gasteiger partial charge on any atom is 0.155 e. The van der Waals surface area contributed by atoms with Gasteiger partial charge in [0, 0.05) is 52.9 Å². The summed E-state index contributed by atoms with van der Waals surface area (Å²) in [6.45, 7) is 1.97. The number of imidazole rings is 1. The molecule has 0 atom stereocenters. The third-order valence-corrected chi connectivity index (χ3v) is 5.06. The summed E-state index contributed by atoms with van der Waals surface area (Å²) in [6, 6.07) is 6.07. The number of aryl methyl sites for hydroxylation is 1. The van der Waals surface area contributed by atoms with Gasteiger partial charge in [-0.1, -0.05) is 0 Å². The number of fused-ring (bicyclic) bond motifs is 2. The molecule has 6 heterocycles. The van der Waals surface area contributed by atoms with Crippen LogP contribution in [0.5, 0.6) is 0 Å². The fourth-order valence-corrected chi connectivity index (χ4v) is 3.63. The molecule has 6 aromatic rings. The molecule has 0 saturated carbocycles. The molecule has 0 saturated heterocycles. The van der Waals surface area contributed by atoms with E-state index in [1.807, 2.05) is 29.8 Å². The van der Waals surface area contributed by atoms with E-state index in [9.17, 15) is 0 Å². The molecule has 9 heteroatoms. The van der Waals surface area contributed by atoms with E-state index < -0.39 is 0 Å². The van der Waals surface area contributed by atoms with Gasteiger partial charge in [0.2, 0.25) is 0 Å². The Morgan fingerprint density at radius 2 is 1.80 bits per heavy atom. The predicted molar refractivity (Wildman–Crippen MR) is 112 cm³/mol. The van der Waals surface area contributed by atoms with Crippen molar-refractivity contribution in [1.29, 1.82) is 0 Å². The molecule has 0 radical (unpaired) electrons. The van der Waals surface area contributed by atoms with Gasteiger partial charge in [0.25, 0.3) is 0 Å². The molecule has 30 heavy (non-hydrogen) atoms. The number of pyridine rings is 2. The molecule has 144 valence electrons. The second-order valence-corrected chi connectivity index (χ2v) is 7.02. The highest BCUT2D eigenvalue weighted by atomic mass is 15.2. The highest BCUT2D eigenvalue weighted by Crippen LogP contribution is 2.31. The molecular weight excluding hydrogens is 378 g/mol. The molecule has 2 N–H and O–H groups in total. The van der Waals surface area contributed by atoms with Crippen molar-refractivity contribution in [2.45, 2.75) is 6.92 Å². The van der Waals surface area contributed by atoms with Crippen molar-refractivity contribution < 1.29 is 0 Å². The number of rotatable bonds is 3. The van der Waals surface area contributed by atoms with E-state index in [2.05, 4.69) is 46.2 Å². The molecule has 9 nitrogen and oxygen atoms in total. The van der Waals surface area contributed by atoms with Crippen LogP contribution in [0.25, 0.3) is 50.3 Å². The highest BCUT2D eigenvalue weighted by Gasteiger charge is 2.15. The summed E-state index contributed by atoms with van der Waals surface area (Å²) in [5, 5.41) is 9.41. The Bertz CT molecular complexity index is 1510. The smallest absolute Gasteiger partial charge is 0.155 e. The first-order valence-electron chi connectivity index (χ1n) is 9.35. The monoisotopic (exact) mass is 393 g/mol. The zero-order valence-corrected chi connectivity index (χ0v) is 15.9. The van der Waals surface area contributed by atoms with Crippen LogP contribution in [0.3, 0.4) is 0 Å². The van der Waals surface area contributed by atoms with Gasteiger partial charge in [-0.25, -0.2) is 24.9 Å². The Labute approximate surface area is 169 Å². The van der Waals surface area contributed by atoms with Gasteiger partial charge in [-0.2, -0.15) is 5.10 Å². The van der Waals surface area contributed by atoms with Gasteiger partial charge >= 0.3 is 0 Å². The summed E-state index contributed by atoms with van der Waals surface area (Å²) in [5.41, 5.74) is 6.91. The molecule has 0 aromatic carbocycles. The molecular formula is C21H15N9. The molecule has 0 spiro atoms. The van der Waals surface area contributed by atoms with E-state index in [1.54, 1.807) is 31.1 Å². The third-order valence-electron chi connectivity index (χ3n) is 5.06. The van der Waals surface area contributed by atoms with Gasteiger partial charge in [0.15, 0.2) is 5.65 Å². The van der Waals surface area contributed by atoms with Gasteiger partial charge in [-0.05, 0) is 25.1 Å². The largest absolute Gasteiger partial charge is 0.338 e. The number of hydrogen-bond donors (Lipinski definition) is 2. The van der Waals surface area contributed by atoms with Crippen molar-refractivity contribution in [1.82, 2.24) is 44.7 Å². The van der Waals surface area contributed by atoms with Gasteiger partial charge in [0.1, 0.15) is 17.7 Å². The zero-order chi connectivity index (χ0) is 20.1. The molecule has 0 fully saturated rings. The van der Waals surface area contributed by atoms with Crippen LogP contribution in [0.2, 0.25) is 0 Å². The molecule has 0 bridgehead atoms. The van der Waals surface area contributed by atoms with Gasteiger partial charge in [-0.15, -0.1) is 0 Å². The third kappa shape index (κ3) is 2.56. The molecule has 6 aromatic heterocycles. The van der Waals surface area contributed by atoms with E-state index in [-0.39, 0.29) is 0 Å². The number of hydrogen-bond acceptors (Lipinski definition) is 6. The number of nitrogens with one attached hydrogen (secondary N) is 2. The van der Waals surface area contributed by atoms with Crippen LogP contribution in [0.1, 0.15) is 5.69 Å². The lowest BCUT2D eigenvalue weighted by Gasteiger charge is -2.02. The Kier molecular flexibility index (Phi) is 3.48. The van der Waals surface area contributed by atoms with E-state index in [4.69, 9.17) is 0 Å². The van der Waals surface area contributed by atoms with Crippen LogP contribution < -0.4 is 0 Å². The lowest BCUT2D eigenvalue weighted by Crippen LogP contribution is -1.91. The summed E-state index contributed by atoms with van der Waals surface area (Å²) in [4.78, 5) is 24.9. The molecule has 0 unspecified atom stereocenters. The van der Waals surface area contributed by atoms with Crippen molar-refractivity contribution in [3.05, 3.63) is 67.5 Å². The van der Waals surface area contributed by atoms with Gasteiger partial charge in [0.05, 0.1) is 23.4 Å². The standard InChI is InChI=1S/C21H15N9/c1-12-9-30(11-26-12)18-2-3-24-20-15(18)5-17(27-20)19-16-4-13(8-25-21(16)29-28-19)14-6-22-10-23-7-14/h2-11H,1H3,(H,24,27)(H,25,28,29). The minimum absolute atomic E-state index is 0.711. The van der Waals surface area contributed by atoms with Crippen LogP contribution in [0.15, 0.2) is 61.8 Å². The van der Waals surface area contributed by atoms with Crippen LogP contribution >= 0.6 is 0 Å². The average Bonchev–Trinajstić information content (AvgIpc) is 3.51. The topological polar surface area (TPSA) is 114 Å². The first kappa shape index (κ1) is 16.5. The predicted octanol–water partition coefficient (Wildman–Crippen LogP) is 3.45. The average molecular weight is 393 g/mol. The van der Waals surface area contributed by atoms with Crippen LogP contribution in [-0.2, 0) is 0 Å². The summed E-state index contributed by atoms with van der Waals surface area (Å²) in [6.07, 6.45) is 12.4. The quantitative estimate of drug-likeness (QED) is 0.476. The van der Waals surface area contributed by atoms with Crippen molar-refractivity contribution in [2.24, 2.45) is 0 Å². The fraction of sp³-hybridized carbons (Fsp3) is 0.0476. The van der Waals surface area contributed by atoms with E-state index in [0.29, 0.717) is 5.65 Å². The SMILES string of the molecule is Cc1cn(-c2ccnc3[nH]c(-c4n[nH]c5ncc(-c6cncnc6)cc45)cc23)cn1. The van der Waals surface area contributed by atoms with Crippen molar-refractivity contribution >= 4 is 22.1 Å². The Balaban J connectivity index is 1.52. The second kappa shape index (κ2) is 6.31. The Hall–Kier alpha value is -4.40. The lowest BCUT2D eigenvalue weighted by molar-refractivity contribution is 1.06. The van der Waals surface area contributed by atoms with Crippen molar-refractivity contribution in [2.75, 3.05) is 0 Å². The Morgan fingerprint density at radius 1 is 0.900 bits per heavy atom. The minimum atomic E-state index is 0.711.